The number of amides is 3. The molecule has 1 saturated heterocycles. The summed E-state index contributed by atoms with van der Waals surface area (Å²) in [6.45, 7) is 10.2. The number of hydrogen-bond donors (Lipinski definition) is 1. The molecule has 3 rings (SSSR count). The van der Waals surface area contributed by atoms with Crippen LogP contribution in [0, 0.1) is 30.6 Å². The summed E-state index contributed by atoms with van der Waals surface area (Å²) in [6, 6.07) is 5.75. The molecule has 2 fully saturated rings. The average molecular weight is 356 g/mol. The first-order valence-electron chi connectivity index (χ1n) is 9.31. The maximum absolute atomic E-state index is 13.0. The summed E-state index contributed by atoms with van der Waals surface area (Å²) < 4.78 is 0. The molecule has 0 spiro atoms. The van der Waals surface area contributed by atoms with Crippen molar-refractivity contribution in [2.45, 2.75) is 53.9 Å². The topological polar surface area (TPSA) is 66.5 Å². The van der Waals surface area contributed by atoms with Gasteiger partial charge < -0.3 is 5.32 Å². The number of benzene rings is 1. The first-order chi connectivity index (χ1) is 12.1. The molecule has 0 aromatic heterocycles. The highest BCUT2D eigenvalue weighted by Crippen LogP contribution is 2.59. The Labute approximate surface area is 155 Å². The average Bonchev–Trinajstić information content (AvgIpc) is 2.75. The van der Waals surface area contributed by atoms with Gasteiger partial charge in [0.05, 0.1) is 5.41 Å². The van der Waals surface area contributed by atoms with Gasteiger partial charge in [-0.2, -0.15) is 0 Å². The minimum atomic E-state index is -0.518. The number of nitrogens with one attached hydrogen (secondary N) is 1. The van der Waals surface area contributed by atoms with E-state index in [1.54, 1.807) is 0 Å². The van der Waals surface area contributed by atoms with Gasteiger partial charge in [0.2, 0.25) is 17.7 Å². The van der Waals surface area contributed by atoms with Crippen molar-refractivity contribution in [2.24, 2.45) is 16.7 Å². The molecule has 0 radical (unpaired) electrons. The van der Waals surface area contributed by atoms with Crippen LogP contribution in [0.2, 0.25) is 0 Å². The molecule has 2 aliphatic rings. The molecular formula is C21H28N2O3. The van der Waals surface area contributed by atoms with Crippen molar-refractivity contribution in [3.8, 4) is 0 Å². The fraction of sp³-hybridized carbons (Fsp3) is 0.571. The molecule has 1 aliphatic heterocycles. The van der Waals surface area contributed by atoms with E-state index in [9.17, 15) is 14.4 Å². The third kappa shape index (κ3) is 2.74. The van der Waals surface area contributed by atoms with Crippen LogP contribution in [-0.4, -0.2) is 29.2 Å². The van der Waals surface area contributed by atoms with Crippen LogP contribution in [0.1, 0.15) is 51.2 Å². The minimum Gasteiger partial charge on any atom is -0.326 e. The van der Waals surface area contributed by atoms with Crippen LogP contribution < -0.4 is 5.32 Å². The number of nitrogens with zero attached hydrogens (tertiary/aromatic N) is 1. The van der Waals surface area contributed by atoms with Gasteiger partial charge in [-0.3, -0.25) is 19.3 Å². The molecule has 1 saturated carbocycles. The van der Waals surface area contributed by atoms with Crippen LogP contribution >= 0.6 is 0 Å². The predicted molar refractivity (Wildman–Crippen MR) is 100 cm³/mol. The number of carbonyl (C=O) groups is 3. The van der Waals surface area contributed by atoms with Crippen molar-refractivity contribution in [1.82, 2.24) is 4.90 Å². The molecule has 1 aliphatic carbocycles. The van der Waals surface area contributed by atoms with Gasteiger partial charge in [0, 0.05) is 24.6 Å². The van der Waals surface area contributed by atoms with E-state index >= 15 is 0 Å². The van der Waals surface area contributed by atoms with E-state index in [4.69, 9.17) is 0 Å². The lowest BCUT2D eigenvalue weighted by Gasteiger charge is -2.47. The SMILES string of the molecule is Cc1ccc(NC(=O)CCN2C(=O)C3CCC(C)(C2=O)C3(C)C)cc1C. The summed E-state index contributed by atoms with van der Waals surface area (Å²) in [5.74, 6) is -0.557. The van der Waals surface area contributed by atoms with Crippen LogP contribution in [-0.2, 0) is 14.4 Å². The maximum Gasteiger partial charge on any atom is 0.235 e. The summed E-state index contributed by atoms with van der Waals surface area (Å²) in [5, 5.41) is 2.85. The zero-order valence-electron chi connectivity index (χ0n) is 16.3. The molecule has 3 amide bonds. The van der Waals surface area contributed by atoms with Gasteiger partial charge in [0.25, 0.3) is 0 Å². The predicted octanol–water partition coefficient (Wildman–Crippen LogP) is 3.44. The van der Waals surface area contributed by atoms with Gasteiger partial charge in [0.1, 0.15) is 0 Å². The van der Waals surface area contributed by atoms with Crippen LogP contribution in [0.4, 0.5) is 5.69 Å². The van der Waals surface area contributed by atoms with E-state index in [1.807, 2.05) is 52.8 Å². The zero-order valence-corrected chi connectivity index (χ0v) is 16.3. The summed E-state index contributed by atoms with van der Waals surface area (Å²) in [6.07, 6.45) is 1.60. The van der Waals surface area contributed by atoms with Crippen LogP contribution in [0.25, 0.3) is 0 Å². The second-order valence-corrected chi connectivity index (χ2v) is 8.54. The van der Waals surface area contributed by atoms with Crippen LogP contribution in [0.3, 0.4) is 0 Å². The Balaban J connectivity index is 1.66. The highest BCUT2D eigenvalue weighted by molar-refractivity contribution is 6.04. The second kappa shape index (κ2) is 6.22. The first-order valence-corrected chi connectivity index (χ1v) is 9.31. The van der Waals surface area contributed by atoms with Crippen molar-refractivity contribution < 1.29 is 14.4 Å². The van der Waals surface area contributed by atoms with Gasteiger partial charge in [-0.25, -0.2) is 0 Å². The Morgan fingerprint density at radius 1 is 1.19 bits per heavy atom. The van der Waals surface area contributed by atoms with Gasteiger partial charge in [-0.1, -0.05) is 26.8 Å². The zero-order chi connectivity index (χ0) is 19.3. The second-order valence-electron chi connectivity index (χ2n) is 8.54. The van der Waals surface area contributed by atoms with Crippen molar-refractivity contribution >= 4 is 23.4 Å². The molecule has 2 unspecified atom stereocenters. The Kier molecular flexibility index (Phi) is 4.45. The molecule has 1 N–H and O–H groups in total. The number of anilines is 1. The lowest BCUT2D eigenvalue weighted by Crippen LogP contribution is -2.59. The smallest absolute Gasteiger partial charge is 0.235 e. The van der Waals surface area contributed by atoms with E-state index in [-0.39, 0.29) is 42.0 Å². The lowest BCUT2D eigenvalue weighted by molar-refractivity contribution is -0.167. The number of likely N-dealkylation sites (tertiary alicyclic amines) is 1. The first kappa shape index (κ1) is 18.6. The standard InChI is InChI=1S/C21H28N2O3/c1-13-6-7-15(12-14(13)2)22-17(24)9-11-23-18(25)16-8-10-21(5,19(23)26)20(16,3)4/h6-7,12,16H,8-11H2,1-5H3,(H,22,24). The monoisotopic (exact) mass is 356 g/mol. The van der Waals surface area contributed by atoms with Gasteiger partial charge in [-0.05, 0) is 55.4 Å². The van der Waals surface area contributed by atoms with Crippen molar-refractivity contribution in [1.29, 1.82) is 0 Å². The third-order valence-electron chi connectivity index (χ3n) is 6.86. The molecule has 1 aromatic carbocycles. The number of fused-ring (bicyclic) bond motifs is 2. The van der Waals surface area contributed by atoms with E-state index in [2.05, 4.69) is 5.32 Å². The largest absolute Gasteiger partial charge is 0.326 e. The number of aryl methyl sites for hydroxylation is 2. The molecule has 1 aromatic rings. The van der Waals surface area contributed by atoms with Gasteiger partial charge in [-0.15, -0.1) is 0 Å². The maximum atomic E-state index is 13.0. The van der Waals surface area contributed by atoms with E-state index in [1.165, 1.54) is 10.5 Å². The molecule has 140 valence electrons. The van der Waals surface area contributed by atoms with E-state index < -0.39 is 5.41 Å². The minimum absolute atomic E-state index is 0.117. The molecular weight excluding hydrogens is 328 g/mol. The van der Waals surface area contributed by atoms with Crippen molar-refractivity contribution in [3.63, 3.8) is 0 Å². The third-order valence-corrected chi connectivity index (χ3v) is 6.86. The van der Waals surface area contributed by atoms with E-state index in [0.717, 1.165) is 24.1 Å². The fourth-order valence-electron chi connectivity index (χ4n) is 4.37. The number of imide groups is 1. The number of carbonyl (C=O) groups excluding carboxylic acids is 3. The Bertz CT molecular complexity index is 783. The summed E-state index contributed by atoms with van der Waals surface area (Å²) >= 11 is 0. The summed E-state index contributed by atoms with van der Waals surface area (Å²) in [5.41, 5.74) is 2.17. The molecule has 2 bridgehead atoms. The highest BCUT2D eigenvalue weighted by Gasteiger charge is 2.64. The lowest BCUT2D eigenvalue weighted by atomic mass is 9.62. The molecule has 2 atom stereocenters. The molecule has 26 heavy (non-hydrogen) atoms. The number of piperidine rings is 1. The van der Waals surface area contributed by atoms with Crippen LogP contribution in [0.15, 0.2) is 18.2 Å². The van der Waals surface area contributed by atoms with Crippen LogP contribution in [0.5, 0.6) is 0 Å². The van der Waals surface area contributed by atoms with Gasteiger partial charge in [0.15, 0.2) is 0 Å². The summed E-state index contributed by atoms with van der Waals surface area (Å²) in [7, 11) is 0. The Hall–Kier alpha value is -2.17. The molecule has 5 nitrogen and oxygen atoms in total. The fourth-order valence-corrected chi connectivity index (χ4v) is 4.37. The Morgan fingerprint density at radius 2 is 1.88 bits per heavy atom. The number of hydrogen-bond acceptors (Lipinski definition) is 3. The molecule has 5 heteroatoms. The highest BCUT2D eigenvalue weighted by atomic mass is 16.2. The van der Waals surface area contributed by atoms with Gasteiger partial charge >= 0.3 is 0 Å². The normalized spacial score (nSPS) is 27.0. The Morgan fingerprint density at radius 3 is 2.54 bits per heavy atom. The summed E-state index contributed by atoms with van der Waals surface area (Å²) in [4.78, 5) is 39.3. The molecule has 1 heterocycles. The van der Waals surface area contributed by atoms with Crippen molar-refractivity contribution in [2.75, 3.05) is 11.9 Å². The van der Waals surface area contributed by atoms with Crippen molar-refractivity contribution in [3.05, 3.63) is 29.3 Å². The number of rotatable bonds is 4. The van der Waals surface area contributed by atoms with E-state index in [0.29, 0.717) is 0 Å². The quantitative estimate of drug-likeness (QED) is 0.841.